The largest absolute Gasteiger partial charge is 0.502 e. The quantitative estimate of drug-likeness (QED) is 0.371. The van der Waals surface area contributed by atoms with E-state index in [1.54, 1.807) is 0 Å². The summed E-state index contributed by atoms with van der Waals surface area (Å²) in [6.45, 7) is 12.6. The molecule has 0 N–H and O–H groups in total. The first-order valence-electron chi connectivity index (χ1n) is 6.80. The summed E-state index contributed by atoms with van der Waals surface area (Å²) in [6, 6.07) is 0. The van der Waals surface area contributed by atoms with Gasteiger partial charge in [0.2, 0.25) is 0 Å². The zero-order chi connectivity index (χ0) is 12.1. The summed E-state index contributed by atoms with van der Waals surface area (Å²) >= 11 is 0. The van der Waals surface area contributed by atoms with Crippen LogP contribution >= 0.6 is 0 Å². The molecule has 2 heteroatoms. The Morgan fingerprint density at radius 3 is 2.00 bits per heavy atom. The summed E-state index contributed by atoms with van der Waals surface area (Å²) in [5.41, 5.74) is 0. The molecular formula is C14H29NO. The highest BCUT2D eigenvalue weighted by Gasteiger charge is 2.02. The number of nitrogens with zero attached hydrogens (tertiary/aromatic N) is 1. The minimum absolute atomic E-state index is 0.818. The molecule has 0 saturated carbocycles. The van der Waals surface area contributed by atoms with Crippen molar-refractivity contribution < 1.29 is 4.74 Å². The van der Waals surface area contributed by atoms with Crippen LogP contribution in [0.25, 0.3) is 0 Å². The first-order chi connectivity index (χ1) is 7.85. The Morgan fingerprint density at radius 2 is 1.50 bits per heavy atom. The van der Waals surface area contributed by atoms with Gasteiger partial charge in [-0.2, -0.15) is 0 Å². The molecule has 16 heavy (non-hydrogen) atoms. The van der Waals surface area contributed by atoms with Crippen molar-refractivity contribution >= 4 is 0 Å². The Labute approximate surface area is 102 Å². The number of hydrogen-bond acceptors (Lipinski definition) is 2. The van der Waals surface area contributed by atoms with Crippen molar-refractivity contribution in [1.29, 1.82) is 0 Å². The molecule has 0 saturated heterocycles. The summed E-state index contributed by atoms with van der Waals surface area (Å²) in [6.07, 6.45) is 9.15. The molecule has 0 unspecified atom stereocenters. The molecule has 0 amide bonds. The van der Waals surface area contributed by atoms with Crippen molar-refractivity contribution in [3.63, 3.8) is 0 Å². The van der Waals surface area contributed by atoms with Crippen molar-refractivity contribution in [1.82, 2.24) is 4.90 Å². The highest BCUT2D eigenvalue weighted by atomic mass is 16.5. The Kier molecular flexibility index (Phi) is 12.2. The fraction of sp³-hybridized carbons (Fsp3) is 0.857. The van der Waals surface area contributed by atoms with Gasteiger partial charge in [0.15, 0.2) is 0 Å². The van der Waals surface area contributed by atoms with Gasteiger partial charge < -0.3 is 9.64 Å². The van der Waals surface area contributed by atoms with Crippen molar-refractivity contribution in [2.75, 3.05) is 26.2 Å². The van der Waals surface area contributed by atoms with E-state index in [0.29, 0.717) is 0 Å². The molecule has 0 aliphatic heterocycles. The van der Waals surface area contributed by atoms with E-state index in [4.69, 9.17) is 4.74 Å². The Morgan fingerprint density at radius 1 is 0.938 bits per heavy atom. The molecule has 0 aromatic carbocycles. The van der Waals surface area contributed by atoms with Gasteiger partial charge in [-0.1, -0.05) is 33.3 Å². The van der Waals surface area contributed by atoms with Gasteiger partial charge in [-0.3, -0.25) is 0 Å². The monoisotopic (exact) mass is 227 g/mol. The molecule has 0 radical (unpaired) electrons. The van der Waals surface area contributed by atoms with Crippen LogP contribution in [0, 0.1) is 0 Å². The van der Waals surface area contributed by atoms with Crippen LogP contribution in [0.4, 0.5) is 0 Å². The Bertz CT molecular complexity index is 140. The first-order valence-corrected chi connectivity index (χ1v) is 6.80. The van der Waals surface area contributed by atoms with Gasteiger partial charge in [-0.25, -0.2) is 0 Å². The Hall–Kier alpha value is -0.500. The standard InChI is InChI=1S/C14H29NO/c1-4-7-11-15(12-8-5-2)13-9-10-14-16-6-3/h6H,3-5,7-14H2,1-2H3. The van der Waals surface area contributed by atoms with Gasteiger partial charge in [0.1, 0.15) is 0 Å². The molecule has 0 fully saturated rings. The predicted molar refractivity (Wildman–Crippen MR) is 71.6 cm³/mol. The first kappa shape index (κ1) is 15.5. The van der Waals surface area contributed by atoms with E-state index in [-0.39, 0.29) is 0 Å². The normalized spacial score (nSPS) is 10.7. The number of unbranched alkanes of at least 4 members (excludes halogenated alkanes) is 3. The van der Waals surface area contributed by atoms with Crippen molar-refractivity contribution in [3.05, 3.63) is 12.8 Å². The maximum atomic E-state index is 5.12. The second-order valence-electron chi connectivity index (χ2n) is 4.29. The Balaban J connectivity index is 3.51. The predicted octanol–water partition coefficient (Wildman–Crippen LogP) is 3.83. The molecule has 0 bridgehead atoms. The van der Waals surface area contributed by atoms with Crippen LogP contribution in [0.3, 0.4) is 0 Å². The lowest BCUT2D eigenvalue weighted by molar-refractivity contribution is 0.219. The maximum Gasteiger partial charge on any atom is 0.0873 e. The second kappa shape index (κ2) is 12.6. The van der Waals surface area contributed by atoms with Crippen LogP contribution in [-0.4, -0.2) is 31.1 Å². The summed E-state index contributed by atoms with van der Waals surface area (Å²) in [5.74, 6) is 0. The van der Waals surface area contributed by atoms with Crippen LogP contribution in [0.2, 0.25) is 0 Å². The summed E-state index contributed by atoms with van der Waals surface area (Å²) in [7, 11) is 0. The van der Waals surface area contributed by atoms with Crippen LogP contribution in [-0.2, 0) is 4.74 Å². The summed E-state index contributed by atoms with van der Waals surface area (Å²) in [4.78, 5) is 2.60. The lowest BCUT2D eigenvalue weighted by Gasteiger charge is -2.21. The molecule has 0 aliphatic rings. The minimum Gasteiger partial charge on any atom is -0.502 e. The van der Waals surface area contributed by atoms with E-state index in [2.05, 4.69) is 25.3 Å². The molecule has 0 rings (SSSR count). The molecule has 0 spiro atoms. The lowest BCUT2D eigenvalue weighted by Crippen LogP contribution is -2.27. The highest BCUT2D eigenvalue weighted by molar-refractivity contribution is 4.58. The topological polar surface area (TPSA) is 12.5 Å². The number of rotatable bonds is 12. The van der Waals surface area contributed by atoms with E-state index in [1.165, 1.54) is 58.0 Å². The van der Waals surface area contributed by atoms with E-state index in [9.17, 15) is 0 Å². The molecule has 0 aromatic heterocycles. The molecule has 96 valence electrons. The smallest absolute Gasteiger partial charge is 0.0873 e. The van der Waals surface area contributed by atoms with Crippen molar-refractivity contribution in [2.45, 2.75) is 52.4 Å². The fourth-order valence-electron chi connectivity index (χ4n) is 1.70. The van der Waals surface area contributed by atoms with Crippen LogP contribution in [0.1, 0.15) is 52.4 Å². The number of ether oxygens (including phenoxy) is 1. The zero-order valence-corrected chi connectivity index (χ0v) is 11.2. The summed E-state index contributed by atoms with van der Waals surface area (Å²) in [5, 5.41) is 0. The van der Waals surface area contributed by atoms with Crippen molar-refractivity contribution in [3.8, 4) is 0 Å². The van der Waals surface area contributed by atoms with Crippen molar-refractivity contribution in [2.24, 2.45) is 0 Å². The molecule has 2 nitrogen and oxygen atoms in total. The third-order valence-electron chi connectivity index (χ3n) is 2.76. The molecule has 0 aromatic rings. The van der Waals surface area contributed by atoms with Gasteiger partial charge in [-0.15, -0.1) is 0 Å². The van der Waals surface area contributed by atoms with E-state index in [0.717, 1.165) is 13.0 Å². The highest BCUT2D eigenvalue weighted by Crippen LogP contribution is 2.02. The molecular weight excluding hydrogens is 198 g/mol. The van der Waals surface area contributed by atoms with Gasteiger partial charge in [0, 0.05) is 0 Å². The van der Waals surface area contributed by atoms with Crippen LogP contribution in [0.5, 0.6) is 0 Å². The van der Waals surface area contributed by atoms with Gasteiger partial charge in [-0.05, 0) is 45.3 Å². The third-order valence-corrected chi connectivity index (χ3v) is 2.76. The van der Waals surface area contributed by atoms with Gasteiger partial charge in [0.25, 0.3) is 0 Å². The van der Waals surface area contributed by atoms with E-state index >= 15 is 0 Å². The minimum atomic E-state index is 0.818. The average Bonchev–Trinajstić information content (AvgIpc) is 2.31. The van der Waals surface area contributed by atoms with Crippen LogP contribution in [0.15, 0.2) is 12.8 Å². The average molecular weight is 227 g/mol. The van der Waals surface area contributed by atoms with Crippen LogP contribution < -0.4 is 0 Å². The van der Waals surface area contributed by atoms with E-state index < -0.39 is 0 Å². The van der Waals surface area contributed by atoms with Gasteiger partial charge in [0.05, 0.1) is 12.9 Å². The lowest BCUT2D eigenvalue weighted by atomic mass is 10.2. The molecule has 0 atom stereocenters. The molecule has 0 heterocycles. The molecule has 0 aliphatic carbocycles. The summed E-state index contributed by atoms with van der Waals surface area (Å²) < 4.78 is 5.12. The second-order valence-corrected chi connectivity index (χ2v) is 4.29. The zero-order valence-electron chi connectivity index (χ0n) is 11.2. The maximum absolute atomic E-state index is 5.12. The number of hydrogen-bond donors (Lipinski definition) is 0. The van der Waals surface area contributed by atoms with Gasteiger partial charge >= 0.3 is 0 Å². The van der Waals surface area contributed by atoms with E-state index in [1.807, 2.05) is 0 Å². The third kappa shape index (κ3) is 10.0. The fourth-order valence-corrected chi connectivity index (χ4v) is 1.70. The SMILES string of the molecule is C=COCCCCN(CCCC)CCCC.